The van der Waals surface area contributed by atoms with Gasteiger partial charge in [0.1, 0.15) is 0 Å². The van der Waals surface area contributed by atoms with Gasteiger partial charge in [0.2, 0.25) is 0 Å². The van der Waals surface area contributed by atoms with Crippen LogP contribution in [0.15, 0.2) is 0 Å². The fraction of sp³-hybridized carbons (Fsp3) is 1.00. The van der Waals surface area contributed by atoms with E-state index in [1.54, 1.807) is 0 Å². The zero-order valence-corrected chi connectivity index (χ0v) is 8.29. The van der Waals surface area contributed by atoms with Crippen molar-refractivity contribution >= 4 is 0 Å². The van der Waals surface area contributed by atoms with Gasteiger partial charge in [-0.25, -0.2) is 0 Å². The predicted octanol–water partition coefficient (Wildman–Crippen LogP) is 0.647. The van der Waals surface area contributed by atoms with Crippen LogP contribution in [0.3, 0.4) is 0 Å². The Bertz CT molecular complexity index is 151. The Morgan fingerprint density at radius 3 is 2.92 bits per heavy atom. The molecule has 13 heavy (non-hydrogen) atoms. The zero-order valence-electron chi connectivity index (χ0n) is 8.29. The molecule has 2 aliphatic rings. The number of hydrogen-bond donors (Lipinski definition) is 1. The standard InChI is InChI=1S/C10H19NO2/c1-8(9-2-4-12-7-9)10-6-11-3-5-13-10/h8-11H,2-7H2,1H3. The van der Waals surface area contributed by atoms with Gasteiger partial charge in [-0.2, -0.15) is 0 Å². The van der Waals surface area contributed by atoms with E-state index in [1.807, 2.05) is 0 Å². The van der Waals surface area contributed by atoms with Gasteiger partial charge in [-0.1, -0.05) is 6.92 Å². The highest BCUT2D eigenvalue weighted by molar-refractivity contribution is 4.80. The second kappa shape index (κ2) is 4.40. The van der Waals surface area contributed by atoms with Crippen LogP contribution in [0.25, 0.3) is 0 Å². The maximum atomic E-state index is 5.73. The van der Waals surface area contributed by atoms with Crippen molar-refractivity contribution in [2.24, 2.45) is 11.8 Å². The molecule has 0 spiro atoms. The van der Waals surface area contributed by atoms with Crippen LogP contribution < -0.4 is 5.32 Å². The Labute approximate surface area is 79.8 Å². The average molecular weight is 185 g/mol. The lowest BCUT2D eigenvalue weighted by Gasteiger charge is -2.31. The average Bonchev–Trinajstić information content (AvgIpc) is 2.71. The third-order valence-electron chi connectivity index (χ3n) is 3.25. The second-order valence-corrected chi connectivity index (χ2v) is 4.10. The number of morpholine rings is 1. The molecule has 2 saturated heterocycles. The van der Waals surface area contributed by atoms with Crippen LogP contribution in [0.2, 0.25) is 0 Å². The second-order valence-electron chi connectivity index (χ2n) is 4.10. The van der Waals surface area contributed by atoms with E-state index in [4.69, 9.17) is 9.47 Å². The van der Waals surface area contributed by atoms with E-state index < -0.39 is 0 Å². The van der Waals surface area contributed by atoms with Crippen molar-refractivity contribution in [3.05, 3.63) is 0 Å². The van der Waals surface area contributed by atoms with E-state index in [2.05, 4.69) is 12.2 Å². The van der Waals surface area contributed by atoms with E-state index >= 15 is 0 Å². The summed E-state index contributed by atoms with van der Waals surface area (Å²) >= 11 is 0. The molecular formula is C10H19NO2. The van der Waals surface area contributed by atoms with Gasteiger partial charge in [-0.3, -0.25) is 0 Å². The van der Waals surface area contributed by atoms with Crippen molar-refractivity contribution in [3.8, 4) is 0 Å². The third kappa shape index (κ3) is 2.22. The molecule has 0 aliphatic carbocycles. The van der Waals surface area contributed by atoms with Crippen molar-refractivity contribution in [2.75, 3.05) is 32.9 Å². The first kappa shape index (κ1) is 9.44. The maximum Gasteiger partial charge on any atom is 0.0729 e. The van der Waals surface area contributed by atoms with Crippen molar-refractivity contribution in [1.82, 2.24) is 5.32 Å². The normalized spacial score (nSPS) is 37.6. The van der Waals surface area contributed by atoms with Gasteiger partial charge in [0.15, 0.2) is 0 Å². The third-order valence-corrected chi connectivity index (χ3v) is 3.25. The molecular weight excluding hydrogens is 166 g/mol. The Hall–Kier alpha value is -0.120. The first-order chi connectivity index (χ1) is 6.38. The molecule has 2 aliphatic heterocycles. The summed E-state index contributed by atoms with van der Waals surface area (Å²) in [5, 5.41) is 3.37. The summed E-state index contributed by atoms with van der Waals surface area (Å²) in [7, 11) is 0. The van der Waals surface area contributed by atoms with E-state index in [1.165, 1.54) is 6.42 Å². The topological polar surface area (TPSA) is 30.5 Å². The molecule has 3 atom stereocenters. The molecule has 2 fully saturated rings. The fourth-order valence-corrected chi connectivity index (χ4v) is 2.19. The van der Waals surface area contributed by atoms with Crippen LogP contribution in [0.4, 0.5) is 0 Å². The summed E-state index contributed by atoms with van der Waals surface area (Å²) in [6.45, 7) is 7.04. The summed E-state index contributed by atoms with van der Waals surface area (Å²) in [5.41, 5.74) is 0. The number of nitrogens with one attached hydrogen (secondary N) is 1. The van der Waals surface area contributed by atoms with Crippen molar-refractivity contribution in [3.63, 3.8) is 0 Å². The number of rotatable bonds is 2. The first-order valence-corrected chi connectivity index (χ1v) is 5.28. The summed E-state index contributed by atoms with van der Waals surface area (Å²) in [5.74, 6) is 1.35. The molecule has 2 heterocycles. The van der Waals surface area contributed by atoms with Gasteiger partial charge in [-0.15, -0.1) is 0 Å². The fourth-order valence-electron chi connectivity index (χ4n) is 2.19. The molecule has 0 aromatic carbocycles. The van der Waals surface area contributed by atoms with Crippen LogP contribution in [0.1, 0.15) is 13.3 Å². The zero-order chi connectivity index (χ0) is 9.10. The molecule has 0 saturated carbocycles. The van der Waals surface area contributed by atoms with E-state index in [-0.39, 0.29) is 0 Å². The van der Waals surface area contributed by atoms with Gasteiger partial charge in [0, 0.05) is 26.3 Å². The highest BCUT2D eigenvalue weighted by atomic mass is 16.5. The Kier molecular flexibility index (Phi) is 3.19. The molecule has 3 nitrogen and oxygen atoms in total. The monoisotopic (exact) mass is 185 g/mol. The largest absolute Gasteiger partial charge is 0.381 e. The molecule has 2 rings (SSSR count). The molecule has 0 bridgehead atoms. The molecule has 0 amide bonds. The van der Waals surface area contributed by atoms with Crippen molar-refractivity contribution < 1.29 is 9.47 Å². The van der Waals surface area contributed by atoms with Crippen LogP contribution >= 0.6 is 0 Å². The molecule has 0 aromatic rings. The summed E-state index contributed by atoms with van der Waals surface area (Å²) < 4.78 is 11.1. The van der Waals surface area contributed by atoms with Gasteiger partial charge in [0.25, 0.3) is 0 Å². The van der Waals surface area contributed by atoms with Gasteiger partial charge >= 0.3 is 0 Å². The lowest BCUT2D eigenvalue weighted by molar-refractivity contribution is -0.0217. The Balaban J connectivity index is 1.83. The van der Waals surface area contributed by atoms with Crippen LogP contribution in [-0.4, -0.2) is 39.0 Å². The first-order valence-electron chi connectivity index (χ1n) is 5.28. The van der Waals surface area contributed by atoms with Crippen molar-refractivity contribution in [1.29, 1.82) is 0 Å². The van der Waals surface area contributed by atoms with Crippen LogP contribution in [-0.2, 0) is 9.47 Å². The van der Waals surface area contributed by atoms with E-state index in [9.17, 15) is 0 Å². The lowest BCUT2D eigenvalue weighted by atomic mass is 9.88. The van der Waals surface area contributed by atoms with Gasteiger partial charge in [-0.05, 0) is 18.3 Å². The summed E-state index contributed by atoms with van der Waals surface area (Å²) in [6, 6.07) is 0. The van der Waals surface area contributed by atoms with Gasteiger partial charge in [0.05, 0.1) is 12.7 Å². The van der Waals surface area contributed by atoms with Gasteiger partial charge < -0.3 is 14.8 Å². The van der Waals surface area contributed by atoms with E-state index in [0.717, 1.165) is 32.9 Å². The quantitative estimate of drug-likeness (QED) is 0.685. The molecule has 0 aromatic heterocycles. The molecule has 1 N–H and O–H groups in total. The molecule has 3 unspecified atom stereocenters. The minimum Gasteiger partial charge on any atom is -0.381 e. The predicted molar refractivity (Wildman–Crippen MR) is 50.7 cm³/mol. The SMILES string of the molecule is CC(C1CCOC1)C1CNCCO1. The Morgan fingerprint density at radius 2 is 2.31 bits per heavy atom. The molecule has 0 radical (unpaired) electrons. The minimum absolute atomic E-state index is 0.403. The molecule has 3 heteroatoms. The highest BCUT2D eigenvalue weighted by Gasteiger charge is 2.30. The van der Waals surface area contributed by atoms with Crippen LogP contribution in [0, 0.1) is 11.8 Å². The minimum atomic E-state index is 0.403. The molecule has 76 valence electrons. The number of ether oxygens (including phenoxy) is 2. The Morgan fingerprint density at radius 1 is 1.38 bits per heavy atom. The maximum absolute atomic E-state index is 5.73. The summed E-state index contributed by atoms with van der Waals surface area (Å²) in [4.78, 5) is 0. The highest BCUT2D eigenvalue weighted by Crippen LogP contribution is 2.26. The number of hydrogen-bond acceptors (Lipinski definition) is 3. The van der Waals surface area contributed by atoms with Crippen molar-refractivity contribution in [2.45, 2.75) is 19.4 Å². The lowest BCUT2D eigenvalue weighted by Crippen LogP contribution is -2.44. The summed E-state index contributed by atoms with van der Waals surface area (Å²) in [6.07, 6.45) is 1.61. The smallest absolute Gasteiger partial charge is 0.0729 e. The van der Waals surface area contributed by atoms with E-state index in [0.29, 0.717) is 17.9 Å². The van der Waals surface area contributed by atoms with Crippen LogP contribution in [0.5, 0.6) is 0 Å².